The molecule has 0 bridgehead atoms. The minimum absolute atomic E-state index is 0.370. The molecule has 7 heteroatoms. The Balaban J connectivity index is 1.58. The Morgan fingerprint density at radius 2 is 0.714 bits per heavy atom. The number of nitrogen functional groups attached to an aromatic ring is 3. The SMILES string of the molecule is Nc1ccc(COP(OCc2ccc(N)cc2)OCc2ccc(N)cc2)cc1. The highest BCUT2D eigenvalue weighted by atomic mass is 31.2. The van der Waals surface area contributed by atoms with Crippen molar-refractivity contribution in [2.45, 2.75) is 19.8 Å². The Kier molecular flexibility index (Phi) is 7.23. The predicted octanol–water partition coefficient (Wildman–Crippen LogP) is 4.61. The summed E-state index contributed by atoms with van der Waals surface area (Å²) < 4.78 is 17.7. The normalized spacial score (nSPS) is 11.0. The highest BCUT2D eigenvalue weighted by Gasteiger charge is 2.14. The largest absolute Gasteiger partial charge is 0.399 e. The molecular weight excluding hydrogens is 373 g/mol. The molecule has 0 spiro atoms. The minimum Gasteiger partial charge on any atom is -0.399 e. The van der Waals surface area contributed by atoms with E-state index in [1.54, 1.807) is 0 Å². The number of nitrogens with two attached hydrogens (primary N) is 3. The third-order valence-electron chi connectivity index (χ3n) is 3.95. The standard InChI is InChI=1S/C21H24N3O3P/c22-19-7-1-16(2-8-19)13-25-28(26-14-17-3-9-20(23)10-4-17)27-15-18-5-11-21(24)12-6-18/h1-12H,13-15,22-24H2. The summed E-state index contributed by atoms with van der Waals surface area (Å²) in [5.74, 6) is 0. The van der Waals surface area contributed by atoms with Crippen LogP contribution in [0.15, 0.2) is 72.8 Å². The van der Waals surface area contributed by atoms with Crippen LogP contribution in [0.25, 0.3) is 0 Å². The maximum atomic E-state index is 5.89. The molecule has 0 atom stereocenters. The second-order valence-corrected chi connectivity index (χ2v) is 7.49. The summed E-state index contributed by atoms with van der Waals surface area (Å²) in [7, 11) is -1.55. The molecule has 28 heavy (non-hydrogen) atoms. The van der Waals surface area contributed by atoms with Crippen molar-refractivity contribution in [3.63, 3.8) is 0 Å². The van der Waals surface area contributed by atoms with Crippen molar-refractivity contribution in [3.8, 4) is 0 Å². The van der Waals surface area contributed by atoms with Crippen LogP contribution in [0.5, 0.6) is 0 Å². The fourth-order valence-electron chi connectivity index (χ4n) is 2.34. The predicted molar refractivity (Wildman–Crippen MR) is 114 cm³/mol. The summed E-state index contributed by atoms with van der Waals surface area (Å²) in [4.78, 5) is 0. The lowest BCUT2D eigenvalue weighted by atomic mass is 10.2. The Bertz CT molecular complexity index is 738. The van der Waals surface area contributed by atoms with Crippen LogP contribution in [-0.2, 0) is 33.4 Å². The van der Waals surface area contributed by atoms with Gasteiger partial charge in [-0.3, -0.25) is 0 Å². The Morgan fingerprint density at radius 1 is 0.464 bits per heavy atom. The van der Waals surface area contributed by atoms with Crippen LogP contribution in [0.4, 0.5) is 17.1 Å². The van der Waals surface area contributed by atoms with Gasteiger partial charge in [0, 0.05) is 17.1 Å². The number of hydrogen-bond acceptors (Lipinski definition) is 6. The smallest absolute Gasteiger partial charge is 0.333 e. The van der Waals surface area contributed by atoms with Gasteiger partial charge in [0.25, 0.3) is 0 Å². The van der Waals surface area contributed by atoms with Crippen LogP contribution in [-0.4, -0.2) is 0 Å². The first kappa shape index (κ1) is 20.1. The quantitative estimate of drug-likeness (QED) is 0.360. The molecule has 0 heterocycles. The summed E-state index contributed by atoms with van der Waals surface area (Å²) in [6.45, 7) is 1.11. The maximum Gasteiger partial charge on any atom is 0.333 e. The van der Waals surface area contributed by atoms with E-state index in [-0.39, 0.29) is 0 Å². The Labute approximate surface area is 166 Å². The van der Waals surface area contributed by atoms with E-state index in [2.05, 4.69) is 0 Å². The van der Waals surface area contributed by atoms with Gasteiger partial charge in [-0.2, -0.15) is 0 Å². The van der Waals surface area contributed by atoms with Gasteiger partial charge in [-0.15, -0.1) is 0 Å². The molecule has 6 nitrogen and oxygen atoms in total. The first-order valence-corrected chi connectivity index (χ1v) is 9.90. The second-order valence-electron chi connectivity index (χ2n) is 6.27. The Morgan fingerprint density at radius 3 is 0.964 bits per heavy atom. The van der Waals surface area contributed by atoms with Crippen molar-refractivity contribution in [3.05, 3.63) is 89.5 Å². The lowest BCUT2D eigenvalue weighted by molar-refractivity contribution is 0.144. The lowest BCUT2D eigenvalue weighted by Gasteiger charge is -2.17. The van der Waals surface area contributed by atoms with Crippen LogP contribution in [0.3, 0.4) is 0 Å². The number of benzene rings is 3. The van der Waals surface area contributed by atoms with Crippen molar-refractivity contribution >= 4 is 25.7 Å². The van der Waals surface area contributed by atoms with Gasteiger partial charge in [-0.05, 0) is 53.1 Å². The third kappa shape index (κ3) is 6.51. The molecule has 0 saturated heterocycles. The third-order valence-corrected chi connectivity index (χ3v) is 4.97. The molecule has 0 unspecified atom stereocenters. The molecule has 0 fully saturated rings. The Hall–Kier alpha value is -2.63. The average Bonchev–Trinajstić information content (AvgIpc) is 2.71. The lowest BCUT2D eigenvalue weighted by Crippen LogP contribution is -1.99. The molecule has 0 aliphatic heterocycles. The molecule has 0 aromatic heterocycles. The van der Waals surface area contributed by atoms with Crippen LogP contribution >= 0.6 is 8.60 Å². The van der Waals surface area contributed by atoms with Crippen molar-refractivity contribution in [1.29, 1.82) is 0 Å². The first-order valence-electron chi connectivity index (χ1n) is 8.80. The molecule has 0 amide bonds. The molecule has 146 valence electrons. The summed E-state index contributed by atoms with van der Waals surface area (Å²) in [6.07, 6.45) is 0. The minimum atomic E-state index is -1.55. The first-order chi connectivity index (χ1) is 13.6. The van der Waals surface area contributed by atoms with Gasteiger partial charge in [-0.1, -0.05) is 36.4 Å². The van der Waals surface area contributed by atoms with Crippen molar-refractivity contribution in [2.24, 2.45) is 0 Å². The van der Waals surface area contributed by atoms with Gasteiger partial charge in [0.15, 0.2) is 0 Å². The van der Waals surface area contributed by atoms with E-state index in [1.807, 2.05) is 72.8 Å². The van der Waals surface area contributed by atoms with Gasteiger partial charge in [0.05, 0.1) is 19.8 Å². The number of anilines is 3. The van der Waals surface area contributed by atoms with Crippen LogP contribution < -0.4 is 17.2 Å². The molecule has 3 rings (SSSR count). The second kappa shape index (κ2) is 10.1. The number of rotatable bonds is 9. The van der Waals surface area contributed by atoms with E-state index in [1.165, 1.54) is 0 Å². The molecule has 0 saturated carbocycles. The van der Waals surface area contributed by atoms with Gasteiger partial charge in [0.1, 0.15) is 0 Å². The van der Waals surface area contributed by atoms with Gasteiger partial charge in [0.2, 0.25) is 0 Å². The monoisotopic (exact) mass is 397 g/mol. The van der Waals surface area contributed by atoms with Gasteiger partial charge < -0.3 is 30.8 Å². The van der Waals surface area contributed by atoms with Crippen LogP contribution in [0.2, 0.25) is 0 Å². The van der Waals surface area contributed by atoms with Gasteiger partial charge in [-0.25, -0.2) is 0 Å². The van der Waals surface area contributed by atoms with E-state index in [4.69, 9.17) is 30.8 Å². The zero-order valence-electron chi connectivity index (χ0n) is 15.5. The average molecular weight is 397 g/mol. The zero-order valence-corrected chi connectivity index (χ0v) is 16.3. The fourth-order valence-corrected chi connectivity index (χ4v) is 3.32. The van der Waals surface area contributed by atoms with Crippen molar-refractivity contribution < 1.29 is 13.6 Å². The van der Waals surface area contributed by atoms with E-state index in [0.29, 0.717) is 36.9 Å². The van der Waals surface area contributed by atoms with E-state index in [9.17, 15) is 0 Å². The summed E-state index contributed by atoms with van der Waals surface area (Å²) >= 11 is 0. The fraction of sp³-hybridized carbons (Fsp3) is 0.143. The summed E-state index contributed by atoms with van der Waals surface area (Å²) in [5, 5.41) is 0. The summed E-state index contributed by atoms with van der Waals surface area (Å²) in [5.41, 5.74) is 22.3. The van der Waals surface area contributed by atoms with Crippen LogP contribution in [0.1, 0.15) is 16.7 Å². The molecular formula is C21H24N3O3P. The van der Waals surface area contributed by atoms with E-state index < -0.39 is 8.60 Å². The maximum absolute atomic E-state index is 5.89. The van der Waals surface area contributed by atoms with Crippen molar-refractivity contribution in [1.82, 2.24) is 0 Å². The molecule has 6 N–H and O–H groups in total. The summed E-state index contributed by atoms with van der Waals surface area (Å²) in [6, 6.07) is 22.5. The van der Waals surface area contributed by atoms with E-state index >= 15 is 0 Å². The molecule has 0 aliphatic rings. The number of hydrogen-bond donors (Lipinski definition) is 3. The molecule has 0 radical (unpaired) electrons. The van der Waals surface area contributed by atoms with Crippen LogP contribution in [0, 0.1) is 0 Å². The zero-order chi connectivity index (χ0) is 19.8. The van der Waals surface area contributed by atoms with E-state index in [0.717, 1.165) is 16.7 Å². The van der Waals surface area contributed by atoms with Crippen molar-refractivity contribution in [2.75, 3.05) is 17.2 Å². The molecule has 0 aliphatic carbocycles. The molecule has 3 aromatic carbocycles. The highest BCUT2D eigenvalue weighted by molar-refractivity contribution is 7.41. The molecule has 3 aromatic rings. The highest BCUT2D eigenvalue weighted by Crippen LogP contribution is 2.42. The van der Waals surface area contributed by atoms with Gasteiger partial charge >= 0.3 is 8.60 Å². The topological polar surface area (TPSA) is 106 Å².